The third-order valence-electron chi connectivity index (χ3n) is 4.33. The first-order valence-electron chi connectivity index (χ1n) is 6.59. The third kappa shape index (κ3) is 2.01. The van der Waals surface area contributed by atoms with Gasteiger partial charge < -0.3 is 11.1 Å². The first-order valence-corrected chi connectivity index (χ1v) is 6.59. The molecule has 100 valence electrons. The number of nitrogens with two attached hydrogens (primary N) is 1. The zero-order valence-corrected chi connectivity index (χ0v) is 10.8. The zero-order chi connectivity index (χ0) is 13.6. The van der Waals surface area contributed by atoms with Gasteiger partial charge in [-0.15, -0.1) is 0 Å². The van der Waals surface area contributed by atoms with Crippen molar-refractivity contribution in [1.29, 1.82) is 0 Å². The highest BCUT2D eigenvalue weighted by atomic mass is 19.1. The minimum atomic E-state index is -0.603. The van der Waals surface area contributed by atoms with E-state index in [0.29, 0.717) is 23.2 Å². The summed E-state index contributed by atoms with van der Waals surface area (Å²) in [5, 5.41) is 3.36. The summed E-state index contributed by atoms with van der Waals surface area (Å²) in [6.45, 7) is 1.71. The summed E-state index contributed by atoms with van der Waals surface area (Å²) < 4.78 is 13.8. The van der Waals surface area contributed by atoms with Gasteiger partial charge in [0.1, 0.15) is 5.82 Å². The summed E-state index contributed by atoms with van der Waals surface area (Å²) in [6.07, 6.45) is 6.69. The van der Waals surface area contributed by atoms with E-state index in [1.54, 1.807) is 13.0 Å². The van der Waals surface area contributed by atoms with Gasteiger partial charge in [-0.2, -0.15) is 0 Å². The second-order valence-electron chi connectivity index (χ2n) is 5.48. The lowest BCUT2D eigenvalue weighted by molar-refractivity contribution is 0.1000. The van der Waals surface area contributed by atoms with Crippen LogP contribution in [0, 0.1) is 24.6 Å². The number of benzene rings is 1. The molecular formula is C15H17FN2O. The summed E-state index contributed by atoms with van der Waals surface area (Å²) in [5.74, 6) is 0.285. The fraction of sp³-hybridized carbons (Fsp3) is 0.400. The first kappa shape index (κ1) is 12.2. The highest BCUT2D eigenvalue weighted by Gasteiger charge is 2.41. The number of hydrogen-bond acceptors (Lipinski definition) is 2. The lowest BCUT2D eigenvalue weighted by atomic mass is 9.71. The van der Waals surface area contributed by atoms with Crippen LogP contribution in [0.25, 0.3) is 0 Å². The molecule has 0 aromatic heterocycles. The number of rotatable bonds is 3. The average molecular weight is 260 g/mol. The first-order chi connectivity index (χ1) is 9.06. The highest BCUT2D eigenvalue weighted by molar-refractivity contribution is 5.94. The van der Waals surface area contributed by atoms with Crippen LogP contribution in [0.1, 0.15) is 28.8 Å². The molecule has 2 aliphatic rings. The van der Waals surface area contributed by atoms with E-state index in [-0.39, 0.29) is 5.56 Å². The smallest absolute Gasteiger partial charge is 0.248 e. The standard InChI is InChI=1S/C15H17FN2O/c1-8-12(16)5-10(15(17)19)7-13(8)18-14-6-9-3-2-4-11(9)14/h2,4-5,7,9,11,14,18H,3,6H2,1H3,(H2,17,19). The molecule has 3 unspecified atom stereocenters. The molecule has 0 bridgehead atoms. The number of hydrogen-bond donors (Lipinski definition) is 2. The molecule has 1 aromatic rings. The monoisotopic (exact) mass is 260 g/mol. The molecule has 19 heavy (non-hydrogen) atoms. The number of anilines is 1. The summed E-state index contributed by atoms with van der Waals surface area (Å²) in [5.41, 5.74) is 6.65. The van der Waals surface area contributed by atoms with E-state index in [9.17, 15) is 9.18 Å². The number of halogens is 1. The molecule has 0 spiro atoms. The van der Waals surface area contributed by atoms with Crippen LogP contribution in [0.15, 0.2) is 24.3 Å². The molecule has 1 saturated carbocycles. The van der Waals surface area contributed by atoms with Crippen LogP contribution in [0.2, 0.25) is 0 Å². The Balaban J connectivity index is 1.84. The van der Waals surface area contributed by atoms with Crippen LogP contribution in [0.3, 0.4) is 0 Å². The van der Waals surface area contributed by atoms with Crippen molar-refractivity contribution < 1.29 is 9.18 Å². The Morgan fingerprint density at radius 3 is 2.95 bits per heavy atom. The number of fused-ring (bicyclic) bond motifs is 1. The highest BCUT2D eigenvalue weighted by Crippen LogP contribution is 2.44. The molecule has 0 aliphatic heterocycles. The van der Waals surface area contributed by atoms with Gasteiger partial charge in [0.2, 0.25) is 5.91 Å². The van der Waals surface area contributed by atoms with Crippen molar-refractivity contribution in [3.05, 3.63) is 41.2 Å². The van der Waals surface area contributed by atoms with Gasteiger partial charge in [0.05, 0.1) is 0 Å². The Labute approximate surface area is 111 Å². The summed E-state index contributed by atoms with van der Waals surface area (Å²) >= 11 is 0. The minimum Gasteiger partial charge on any atom is -0.381 e. The second-order valence-corrected chi connectivity index (χ2v) is 5.48. The van der Waals surface area contributed by atoms with E-state index in [2.05, 4.69) is 17.5 Å². The lowest BCUT2D eigenvalue weighted by Crippen LogP contribution is -2.43. The van der Waals surface area contributed by atoms with Crippen molar-refractivity contribution >= 4 is 11.6 Å². The van der Waals surface area contributed by atoms with Crippen molar-refractivity contribution in [3.8, 4) is 0 Å². The average Bonchev–Trinajstić information content (AvgIpc) is 2.72. The topological polar surface area (TPSA) is 55.1 Å². The van der Waals surface area contributed by atoms with Crippen molar-refractivity contribution in [1.82, 2.24) is 0 Å². The molecule has 0 saturated heterocycles. The number of allylic oxidation sites excluding steroid dienone is 1. The lowest BCUT2D eigenvalue weighted by Gasteiger charge is -2.41. The minimum absolute atomic E-state index is 0.212. The van der Waals surface area contributed by atoms with Gasteiger partial charge >= 0.3 is 0 Å². The third-order valence-corrected chi connectivity index (χ3v) is 4.33. The molecule has 1 amide bonds. The summed E-state index contributed by atoms with van der Waals surface area (Å²) in [7, 11) is 0. The van der Waals surface area contributed by atoms with Gasteiger partial charge in [0.15, 0.2) is 0 Å². The van der Waals surface area contributed by atoms with Crippen LogP contribution in [-0.2, 0) is 0 Å². The van der Waals surface area contributed by atoms with E-state index < -0.39 is 11.7 Å². The van der Waals surface area contributed by atoms with E-state index in [1.165, 1.54) is 6.07 Å². The SMILES string of the molecule is Cc1c(F)cc(C(N)=O)cc1NC1CC2CC=CC21. The maximum absolute atomic E-state index is 13.8. The molecule has 3 rings (SSSR count). The summed E-state index contributed by atoms with van der Waals surface area (Å²) in [4.78, 5) is 11.2. The Bertz CT molecular complexity index is 568. The number of nitrogens with one attached hydrogen (secondary N) is 1. The normalized spacial score (nSPS) is 27.8. The molecule has 2 aliphatic carbocycles. The Kier molecular flexibility index (Phi) is 2.81. The van der Waals surface area contributed by atoms with Gasteiger partial charge in [-0.05, 0) is 37.8 Å². The number of carbonyl (C=O) groups is 1. The maximum Gasteiger partial charge on any atom is 0.248 e. The van der Waals surface area contributed by atoms with E-state index >= 15 is 0 Å². The molecular weight excluding hydrogens is 243 g/mol. The quantitative estimate of drug-likeness (QED) is 0.821. The molecule has 1 aromatic carbocycles. The van der Waals surface area contributed by atoms with E-state index in [4.69, 9.17) is 5.73 Å². The molecule has 3 nitrogen and oxygen atoms in total. The fourth-order valence-corrected chi connectivity index (χ4v) is 3.05. The molecule has 3 atom stereocenters. The van der Waals surface area contributed by atoms with E-state index in [1.807, 2.05) is 0 Å². The zero-order valence-electron chi connectivity index (χ0n) is 10.8. The summed E-state index contributed by atoms with van der Waals surface area (Å²) in [6, 6.07) is 3.18. The fourth-order valence-electron chi connectivity index (χ4n) is 3.05. The number of carbonyl (C=O) groups excluding carboxylic acids is 1. The Morgan fingerprint density at radius 2 is 2.26 bits per heavy atom. The molecule has 0 radical (unpaired) electrons. The van der Waals surface area contributed by atoms with E-state index in [0.717, 1.165) is 18.8 Å². The number of primary amides is 1. The van der Waals surface area contributed by atoms with Crippen LogP contribution in [0.4, 0.5) is 10.1 Å². The van der Waals surface area contributed by atoms with Crippen LogP contribution < -0.4 is 11.1 Å². The largest absolute Gasteiger partial charge is 0.381 e. The van der Waals surface area contributed by atoms with Crippen molar-refractivity contribution in [3.63, 3.8) is 0 Å². The van der Waals surface area contributed by atoms with Crippen LogP contribution in [-0.4, -0.2) is 11.9 Å². The van der Waals surface area contributed by atoms with Crippen molar-refractivity contribution in [2.24, 2.45) is 17.6 Å². The van der Waals surface area contributed by atoms with Crippen molar-refractivity contribution in [2.45, 2.75) is 25.8 Å². The Hall–Kier alpha value is -1.84. The molecule has 3 N–H and O–H groups in total. The van der Waals surface area contributed by atoms with Gasteiger partial charge in [-0.1, -0.05) is 12.2 Å². The second kappa shape index (κ2) is 4.37. The predicted molar refractivity (Wildman–Crippen MR) is 72.4 cm³/mol. The molecule has 4 heteroatoms. The van der Waals surface area contributed by atoms with Gasteiger partial charge in [0.25, 0.3) is 0 Å². The number of amides is 1. The van der Waals surface area contributed by atoms with Crippen LogP contribution in [0.5, 0.6) is 0 Å². The maximum atomic E-state index is 13.8. The van der Waals surface area contributed by atoms with Crippen LogP contribution >= 0.6 is 0 Å². The van der Waals surface area contributed by atoms with Gasteiger partial charge in [0, 0.05) is 28.8 Å². The van der Waals surface area contributed by atoms with Gasteiger partial charge in [-0.25, -0.2) is 4.39 Å². The predicted octanol–water partition coefficient (Wildman–Crippen LogP) is 2.61. The Morgan fingerprint density at radius 1 is 1.47 bits per heavy atom. The molecule has 0 heterocycles. The van der Waals surface area contributed by atoms with Gasteiger partial charge in [-0.3, -0.25) is 4.79 Å². The molecule has 1 fully saturated rings. The van der Waals surface area contributed by atoms with Crippen molar-refractivity contribution in [2.75, 3.05) is 5.32 Å².